The van der Waals surface area contributed by atoms with Gasteiger partial charge in [0.05, 0.1) is 12.2 Å². The zero-order valence-electron chi connectivity index (χ0n) is 11.7. The van der Waals surface area contributed by atoms with Crippen molar-refractivity contribution < 1.29 is 4.42 Å². The summed E-state index contributed by atoms with van der Waals surface area (Å²) in [5.41, 5.74) is 1.75. The highest BCUT2D eigenvalue weighted by molar-refractivity contribution is 5.47. The van der Waals surface area contributed by atoms with E-state index in [4.69, 9.17) is 4.42 Å². The van der Waals surface area contributed by atoms with Crippen LogP contribution >= 0.6 is 0 Å². The predicted octanol–water partition coefficient (Wildman–Crippen LogP) is 2.82. The first-order valence-corrected chi connectivity index (χ1v) is 6.76. The second-order valence-corrected chi connectivity index (χ2v) is 4.69. The molecule has 106 valence electrons. The van der Waals surface area contributed by atoms with E-state index in [1.54, 1.807) is 12.3 Å². The first-order chi connectivity index (χ1) is 10.3. The normalized spacial score (nSPS) is 14.7. The third-order valence-corrected chi connectivity index (χ3v) is 3.37. The number of aromatic nitrogens is 2. The maximum absolute atomic E-state index is 5.86. The fourth-order valence-corrected chi connectivity index (χ4v) is 2.35. The largest absolute Gasteiger partial charge is 0.438 e. The van der Waals surface area contributed by atoms with Crippen LogP contribution in [0.15, 0.2) is 58.4 Å². The van der Waals surface area contributed by atoms with Gasteiger partial charge < -0.3 is 9.32 Å². The van der Waals surface area contributed by atoms with E-state index in [2.05, 4.69) is 33.2 Å². The van der Waals surface area contributed by atoms with E-state index in [1.165, 1.54) is 0 Å². The quantitative estimate of drug-likeness (QED) is 0.638. The molecule has 0 atom stereocenters. The molecule has 1 aliphatic heterocycles. The molecule has 0 aromatic carbocycles. The number of aliphatic imine (C=N–C) groups is 1. The molecular formula is C16H16N4O. The molecule has 0 spiro atoms. The van der Waals surface area contributed by atoms with Crippen molar-refractivity contribution in [3.8, 4) is 11.6 Å². The summed E-state index contributed by atoms with van der Waals surface area (Å²) in [5.74, 6) is 2.23. The molecule has 0 aliphatic carbocycles. The van der Waals surface area contributed by atoms with Gasteiger partial charge in [0, 0.05) is 19.2 Å². The van der Waals surface area contributed by atoms with E-state index in [9.17, 15) is 0 Å². The lowest BCUT2D eigenvalue weighted by Crippen LogP contribution is -2.28. The maximum Gasteiger partial charge on any atom is 0.245 e. The van der Waals surface area contributed by atoms with Crippen LogP contribution in [0, 0.1) is 0 Å². The minimum atomic E-state index is 0.572. The van der Waals surface area contributed by atoms with Gasteiger partial charge in [0.25, 0.3) is 0 Å². The monoisotopic (exact) mass is 280 g/mol. The highest BCUT2D eigenvalue weighted by Gasteiger charge is 2.23. The third kappa shape index (κ3) is 2.63. The summed E-state index contributed by atoms with van der Waals surface area (Å²) in [4.78, 5) is 14.9. The zero-order valence-corrected chi connectivity index (χ0v) is 11.7. The maximum atomic E-state index is 5.86. The molecule has 1 aliphatic rings. The molecule has 21 heavy (non-hydrogen) atoms. The Kier molecular flexibility index (Phi) is 3.64. The molecule has 0 saturated heterocycles. The molecule has 3 heterocycles. The Bertz CT molecular complexity index is 688. The number of hydrogen-bond acceptors (Lipinski definition) is 5. The summed E-state index contributed by atoms with van der Waals surface area (Å²) in [7, 11) is 0. The molecule has 2 aromatic heterocycles. The lowest BCUT2D eigenvalue weighted by molar-refractivity contribution is 0.284. The molecule has 5 heteroatoms. The molecule has 5 nitrogen and oxygen atoms in total. The summed E-state index contributed by atoms with van der Waals surface area (Å²) < 4.78 is 5.86. The van der Waals surface area contributed by atoms with Gasteiger partial charge >= 0.3 is 0 Å². The number of fused-ring (bicyclic) bond motifs is 1. The van der Waals surface area contributed by atoms with Crippen molar-refractivity contribution >= 4 is 6.72 Å². The van der Waals surface area contributed by atoms with Gasteiger partial charge in [-0.1, -0.05) is 18.7 Å². The average Bonchev–Trinajstić information content (AvgIpc) is 2.96. The van der Waals surface area contributed by atoms with Gasteiger partial charge in [-0.3, -0.25) is 4.98 Å². The van der Waals surface area contributed by atoms with E-state index in [0.29, 0.717) is 12.4 Å². The molecule has 3 rings (SSSR count). The molecule has 0 amide bonds. The number of oxazole rings is 1. The summed E-state index contributed by atoms with van der Waals surface area (Å²) in [6.07, 6.45) is 6.10. The van der Waals surface area contributed by atoms with Gasteiger partial charge in [0.15, 0.2) is 0 Å². The first-order valence-electron chi connectivity index (χ1n) is 6.76. The van der Waals surface area contributed by atoms with Crippen molar-refractivity contribution in [1.82, 2.24) is 14.9 Å². The first kappa shape index (κ1) is 13.3. The predicted molar refractivity (Wildman–Crippen MR) is 81.7 cm³/mol. The van der Waals surface area contributed by atoms with Crippen molar-refractivity contribution in [2.24, 2.45) is 4.99 Å². The van der Waals surface area contributed by atoms with Crippen molar-refractivity contribution in [2.45, 2.75) is 13.0 Å². The Morgan fingerprint density at radius 3 is 3.05 bits per heavy atom. The molecular weight excluding hydrogens is 264 g/mol. The lowest BCUT2D eigenvalue weighted by atomic mass is 10.1. The highest BCUT2D eigenvalue weighted by Crippen LogP contribution is 2.26. The number of pyridine rings is 1. The fraction of sp³-hybridized carbons (Fsp3) is 0.188. The van der Waals surface area contributed by atoms with E-state index >= 15 is 0 Å². The molecule has 0 radical (unpaired) electrons. The van der Waals surface area contributed by atoms with Crippen molar-refractivity contribution in [1.29, 1.82) is 0 Å². The van der Waals surface area contributed by atoms with Gasteiger partial charge in [0.1, 0.15) is 17.3 Å². The van der Waals surface area contributed by atoms with Crippen molar-refractivity contribution in [2.75, 3.05) is 6.54 Å². The molecule has 2 aromatic rings. The minimum absolute atomic E-state index is 0.572. The molecule has 0 fully saturated rings. The van der Waals surface area contributed by atoms with E-state index < -0.39 is 0 Å². The Balaban J connectivity index is 1.87. The van der Waals surface area contributed by atoms with Crippen LogP contribution in [-0.4, -0.2) is 28.1 Å². The van der Waals surface area contributed by atoms with Crippen LogP contribution in [0.2, 0.25) is 0 Å². The van der Waals surface area contributed by atoms with E-state index in [1.807, 2.05) is 24.3 Å². The zero-order chi connectivity index (χ0) is 14.7. The number of nitrogens with zero attached hydrogens (tertiary/aromatic N) is 4. The molecule has 0 bridgehead atoms. The van der Waals surface area contributed by atoms with Gasteiger partial charge in [-0.05, 0) is 24.9 Å². The standard InChI is InChI=1S/C16H16N4O/c1-3-6-15(17-2)20-10-8-12-14(11-20)21-16(19-12)13-7-4-5-9-18-13/h3-7,9H,1-2,8,10-11H2/b15-6+. The Morgan fingerprint density at radius 1 is 1.43 bits per heavy atom. The summed E-state index contributed by atoms with van der Waals surface area (Å²) in [5, 5.41) is 0. The Morgan fingerprint density at radius 2 is 2.33 bits per heavy atom. The van der Waals surface area contributed by atoms with Crippen molar-refractivity contribution in [3.05, 3.63) is 60.4 Å². The highest BCUT2D eigenvalue weighted by atomic mass is 16.4. The summed E-state index contributed by atoms with van der Waals surface area (Å²) in [6, 6.07) is 5.68. The van der Waals surface area contributed by atoms with Gasteiger partial charge in [-0.2, -0.15) is 0 Å². The van der Waals surface area contributed by atoms with Gasteiger partial charge in [-0.25, -0.2) is 9.98 Å². The van der Waals surface area contributed by atoms with E-state index in [0.717, 1.165) is 35.9 Å². The fourth-order valence-electron chi connectivity index (χ4n) is 2.35. The molecule has 0 unspecified atom stereocenters. The van der Waals surface area contributed by atoms with Crippen LogP contribution in [0.3, 0.4) is 0 Å². The van der Waals surface area contributed by atoms with Crippen LogP contribution in [0.25, 0.3) is 11.6 Å². The number of allylic oxidation sites excluding steroid dienone is 2. The third-order valence-electron chi connectivity index (χ3n) is 3.37. The smallest absolute Gasteiger partial charge is 0.245 e. The second-order valence-electron chi connectivity index (χ2n) is 4.69. The van der Waals surface area contributed by atoms with Crippen LogP contribution in [0.1, 0.15) is 11.5 Å². The SMILES string of the molecule is C=C/C=C(\N=C)N1CCc2nc(-c3ccccn3)oc2C1. The second kappa shape index (κ2) is 5.75. The number of rotatable bonds is 4. The Labute approximate surface area is 123 Å². The summed E-state index contributed by atoms with van der Waals surface area (Å²) >= 11 is 0. The van der Waals surface area contributed by atoms with Crippen LogP contribution in [0.4, 0.5) is 0 Å². The lowest BCUT2D eigenvalue weighted by Gasteiger charge is -2.26. The minimum Gasteiger partial charge on any atom is -0.438 e. The average molecular weight is 280 g/mol. The van der Waals surface area contributed by atoms with Crippen LogP contribution < -0.4 is 0 Å². The van der Waals surface area contributed by atoms with Crippen LogP contribution in [-0.2, 0) is 13.0 Å². The Hall–Kier alpha value is -2.69. The van der Waals surface area contributed by atoms with E-state index in [-0.39, 0.29) is 0 Å². The topological polar surface area (TPSA) is 54.5 Å². The van der Waals surface area contributed by atoms with Crippen molar-refractivity contribution in [3.63, 3.8) is 0 Å². The van der Waals surface area contributed by atoms with Crippen LogP contribution in [0.5, 0.6) is 0 Å². The summed E-state index contributed by atoms with van der Waals surface area (Å²) in [6.45, 7) is 8.76. The van der Waals surface area contributed by atoms with Gasteiger partial charge in [-0.15, -0.1) is 0 Å². The molecule has 0 N–H and O–H groups in total. The molecule has 0 saturated carbocycles. The van der Waals surface area contributed by atoms with Gasteiger partial charge in [0.2, 0.25) is 5.89 Å². The number of hydrogen-bond donors (Lipinski definition) is 0.